The standard InChI is InChI=1S/C30H36ClN3O4S/c1-5-23-14-11-13-19-28(23)34(39(37,38)25-16-8-7-9-17-25)21-29(35)33(20-24-15-10-12-18-26(24)31)27(6-2)30(36)32-22(3)4/h7-19,22,27H,5-6,20-21H2,1-4H3,(H,32,36)/t27-/m1/s1. The van der Waals surface area contributed by atoms with Crippen LogP contribution >= 0.6 is 11.6 Å². The Morgan fingerprint density at radius 3 is 2.05 bits per heavy atom. The fourth-order valence-electron chi connectivity index (χ4n) is 4.40. The fraction of sp³-hybridized carbons (Fsp3) is 0.333. The summed E-state index contributed by atoms with van der Waals surface area (Å²) in [6.07, 6.45) is 0.911. The molecular formula is C30H36ClN3O4S. The van der Waals surface area contributed by atoms with Gasteiger partial charge >= 0.3 is 0 Å². The Morgan fingerprint density at radius 1 is 0.872 bits per heavy atom. The van der Waals surface area contributed by atoms with Gasteiger partial charge in [0.1, 0.15) is 12.6 Å². The van der Waals surface area contributed by atoms with Gasteiger partial charge in [0.2, 0.25) is 11.8 Å². The van der Waals surface area contributed by atoms with Crippen molar-refractivity contribution in [3.63, 3.8) is 0 Å². The van der Waals surface area contributed by atoms with E-state index in [0.717, 1.165) is 9.87 Å². The predicted octanol–water partition coefficient (Wildman–Crippen LogP) is 5.43. The van der Waals surface area contributed by atoms with Crippen molar-refractivity contribution in [2.24, 2.45) is 0 Å². The molecule has 0 aliphatic carbocycles. The molecule has 3 aromatic carbocycles. The number of para-hydroxylation sites is 1. The Balaban J connectivity index is 2.10. The number of amides is 2. The van der Waals surface area contributed by atoms with Crippen LogP contribution in [-0.2, 0) is 32.6 Å². The number of nitrogens with zero attached hydrogens (tertiary/aromatic N) is 2. The normalized spacial score (nSPS) is 12.2. The molecule has 0 heterocycles. The number of hydrogen-bond acceptors (Lipinski definition) is 4. The van der Waals surface area contributed by atoms with Crippen molar-refractivity contribution in [1.82, 2.24) is 10.2 Å². The summed E-state index contributed by atoms with van der Waals surface area (Å²) in [6.45, 7) is 7.02. The largest absolute Gasteiger partial charge is 0.352 e. The third-order valence-corrected chi connectivity index (χ3v) is 8.51. The van der Waals surface area contributed by atoms with Crippen molar-refractivity contribution in [3.05, 3.63) is 95.0 Å². The van der Waals surface area contributed by atoms with Crippen LogP contribution in [0.2, 0.25) is 5.02 Å². The van der Waals surface area contributed by atoms with Gasteiger partial charge < -0.3 is 10.2 Å². The third kappa shape index (κ3) is 7.40. The number of halogens is 1. The SMILES string of the molecule is CCc1ccccc1N(CC(=O)N(Cc1ccccc1Cl)[C@H](CC)C(=O)NC(C)C)S(=O)(=O)c1ccccc1. The summed E-state index contributed by atoms with van der Waals surface area (Å²) in [4.78, 5) is 28.8. The van der Waals surface area contributed by atoms with Gasteiger partial charge in [-0.05, 0) is 62.1 Å². The molecule has 1 atom stereocenters. The molecule has 9 heteroatoms. The van der Waals surface area contributed by atoms with E-state index >= 15 is 0 Å². The van der Waals surface area contributed by atoms with E-state index in [9.17, 15) is 18.0 Å². The van der Waals surface area contributed by atoms with Crippen LogP contribution in [0.3, 0.4) is 0 Å². The second kappa shape index (κ2) is 13.6. The maximum Gasteiger partial charge on any atom is 0.264 e. The van der Waals surface area contributed by atoms with Gasteiger partial charge in [0.05, 0.1) is 10.6 Å². The van der Waals surface area contributed by atoms with Crippen LogP contribution in [0.25, 0.3) is 0 Å². The minimum Gasteiger partial charge on any atom is -0.352 e. The van der Waals surface area contributed by atoms with Gasteiger partial charge in [-0.2, -0.15) is 0 Å². The number of hydrogen-bond donors (Lipinski definition) is 1. The van der Waals surface area contributed by atoms with Crippen molar-refractivity contribution in [2.75, 3.05) is 10.8 Å². The zero-order valence-electron chi connectivity index (χ0n) is 22.8. The average molecular weight is 570 g/mol. The van der Waals surface area contributed by atoms with Gasteiger partial charge in [0.25, 0.3) is 10.0 Å². The minimum absolute atomic E-state index is 0.0528. The second-order valence-electron chi connectivity index (χ2n) is 9.51. The molecule has 0 aromatic heterocycles. The molecule has 0 saturated heterocycles. The molecule has 0 fully saturated rings. The van der Waals surface area contributed by atoms with Crippen LogP contribution in [0.15, 0.2) is 83.8 Å². The molecule has 0 radical (unpaired) electrons. The molecule has 1 N–H and O–H groups in total. The molecule has 208 valence electrons. The van der Waals surface area contributed by atoms with Crippen LogP contribution in [0.5, 0.6) is 0 Å². The number of nitrogens with one attached hydrogen (secondary N) is 1. The Morgan fingerprint density at radius 2 is 1.46 bits per heavy atom. The summed E-state index contributed by atoms with van der Waals surface area (Å²) in [5.41, 5.74) is 1.87. The number of anilines is 1. The van der Waals surface area contributed by atoms with Crippen molar-refractivity contribution < 1.29 is 18.0 Å². The van der Waals surface area contributed by atoms with E-state index in [1.165, 1.54) is 17.0 Å². The van der Waals surface area contributed by atoms with Crippen molar-refractivity contribution >= 4 is 39.1 Å². The number of rotatable bonds is 12. The van der Waals surface area contributed by atoms with Gasteiger partial charge in [-0.15, -0.1) is 0 Å². The van der Waals surface area contributed by atoms with E-state index in [4.69, 9.17) is 11.6 Å². The van der Waals surface area contributed by atoms with E-state index in [1.807, 2.05) is 45.9 Å². The lowest BCUT2D eigenvalue weighted by atomic mass is 10.1. The lowest BCUT2D eigenvalue weighted by Gasteiger charge is -2.34. The highest BCUT2D eigenvalue weighted by molar-refractivity contribution is 7.92. The molecule has 0 aliphatic heterocycles. The summed E-state index contributed by atoms with van der Waals surface area (Å²) in [7, 11) is -4.11. The maximum absolute atomic E-state index is 14.1. The summed E-state index contributed by atoms with van der Waals surface area (Å²) < 4.78 is 29.0. The highest BCUT2D eigenvalue weighted by atomic mass is 35.5. The van der Waals surface area contributed by atoms with E-state index in [-0.39, 0.29) is 23.4 Å². The smallest absolute Gasteiger partial charge is 0.264 e. The van der Waals surface area contributed by atoms with Crippen LogP contribution in [0.1, 0.15) is 45.2 Å². The number of sulfonamides is 1. The molecule has 3 aromatic rings. The maximum atomic E-state index is 14.1. The molecule has 3 rings (SSSR count). The van der Waals surface area contributed by atoms with E-state index in [0.29, 0.717) is 29.1 Å². The van der Waals surface area contributed by atoms with Crippen LogP contribution in [-0.4, -0.2) is 43.8 Å². The summed E-state index contributed by atoms with van der Waals surface area (Å²) in [6, 6.07) is 21.3. The van der Waals surface area contributed by atoms with E-state index in [1.54, 1.807) is 48.5 Å². The third-order valence-electron chi connectivity index (χ3n) is 6.37. The molecule has 0 spiro atoms. The first-order valence-electron chi connectivity index (χ1n) is 13.1. The average Bonchev–Trinajstić information content (AvgIpc) is 2.92. The van der Waals surface area contributed by atoms with Gasteiger partial charge in [0, 0.05) is 17.6 Å². The summed E-state index contributed by atoms with van der Waals surface area (Å²) >= 11 is 6.43. The molecule has 0 bridgehead atoms. The topological polar surface area (TPSA) is 86.8 Å². The quantitative estimate of drug-likeness (QED) is 0.315. The molecule has 39 heavy (non-hydrogen) atoms. The first-order valence-corrected chi connectivity index (χ1v) is 14.9. The number of aryl methyl sites for hydroxylation is 1. The molecule has 0 aliphatic rings. The Bertz CT molecular complexity index is 1380. The monoisotopic (exact) mass is 569 g/mol. The first kappa shape index (κ1) is 30.2. The Hall–Kier alpha value is -3.36. The minimum atomic E-state index is -4.11. The highest BCUT2D eigenvalue weighted by Gasteiger charge is 2.34. The van der Waals surface area contributed by atoms with Crippen molar-refractivity contribution in [1.29, 1.82) is 0 Å². The molecule has 2 amide bonds. The predicted molar refractivity (Wildman–Crippen MR) is 156 cm³/mol. The number of benzene rings is 3. The van der Waals surface area contributed by atoms with Crippen LogP contribution < -0.4 is 9.62 Å². The fourth-order valence-corrected chi connectivity index (χ4v) is 6.06. The lowest BCUT2D eigenvalue weighted by molar-refractivity contribution is -0.140. The molecule has 0 unspecified atom stereocenters. The van der Waals surface area contributed by atoms with E-state index in [2.05, 4.69) is 5.32 Å². The van der Waals surface area contributed by atoms with Crippen LogP contribution in [0.4, 0.5) is 5.69 Å². The first-order chi connectivity index (χ1) is 18.6. The molecule has 0 saturated carbocycles. The van der Waals surface area contributed by atoms with Gasteiger partial charge in [-0.25, -0.2) is 8.42 Å². The lowest BCUT2D eigenvalue weighted by Crippen LogP contribution is -2.53. The zero-order chi connectivity index (χ0) is 28.6. The molecular weight excluding hydrogens is 534 g/mol. The number of carbonyl (C=O) groups is 2. The Labute approximate surface area is 236 Å². The van der Waals surface area contributed by atoms with Gasteiger partial charge in [-0.1, -0.05) is 80.0 Å². The second-order valence-corrected chi connectivity index (χ2v) is 11.8. The summed E-state index contributed by atoms with van der Waals surface area (Å²) in [5.74, 6) is -0.814. The van der Waals surface area contributed by atoms with E-state index < -0.39 is 28.5 Å². The van der Waals surface area contributed by atoms with Crippen molar-refractivity contribution in [3.8, 4) is 0 Å². The van der Waals surface area contributed by atoms with Crippen molar-refractivity contribution in [2.45, 2.75) is 64.1 Å². The van der Waals surface area contributed by atoms with Gasteiger partial charge in [-0.3, -0.25) is 13.9 Å². The zero-order valence-corrected chi connectivity index (χ0v) is 24.4. The van der Waals surface area contributed by atoms with Gasteiger partial charge in [0.15, 0.2) is 0 Å². The highest BCUT2D eigenvalue weighted by Crippen LogP contribution is 2.28. The Kier molecular flexibility index (Phi) is 10.5. The van der Waals surface area contributed by atoms with Crippen LogP contribution in [0, 0.1) is 0 Å². The number of carbonyl (C=O) groups excluding carboxylic acids is 2. The molecule has 7 nitrogen and oxygen atoms in total. The summed E-state index contributed by atoms with van der Waals surface area (Å²) in [5, 5.41) is 3.35.